The molecule has 0 fully saturated rings. The smallest absolute Gasteiger partial charge is 0.266 e. The Morgan fingerprint density at radius 3 is 2.45 bits per heavy atom. The van der Waals surface area contributed by atoms with E-state index in [0.29, 0.717) is 23.3 Å². The van der Waals surface area contributed by atoms with Crippen molar-refractivity contribution in [3.8, 4) is 11.4 Å². The van der Waals surface area contributed by atoms with Gasteiger partial charge in [0.1, 0.15) is 18.2 Å². The molecule has 3 aromatic carbocycles. The molecule has 0 saturated carbocycles. The Morgan fingerprint density at radius 2 is 1.62 bits per heavy atom. The molecule has 0 radical (unpaired) electrons. The van der Waals surface area contributed by atoms with Crippen LogP contribution >= 0.6 is 0 Å². The van der Waals surface area contributed by atoms with Crippen molar-refractivity contribution in [2.75, 3.05) is 6.61 Å². The molecule has 4 heteroatoms. The second kappa shape index (κ2) is 8.40. The van der Waals surface area contributed by atoms with Crippen LogP contribution in [0.15, 0.2) is 96.3 Å². The third kappa shape index (κ3) is 3.87. The van der Waals surface area contributed by atoms with E-state index in [9.17, 15) is 4.79 Å². The van der Waals surface area contributed by atoms with E-state index in [1.54, 1.807) is 16.7 Å². The largest absolute Gasteiger partial charge is 0.489 e. The van der Waals surface area contributed by atoms with Crippen molar-refractivity contribution in [3.05, 3.63) is 113 Å². The molecule has 0 aliphatic carbocycles. The van der Waals surface area contributed by atoms with Gasteiger partial charge in [0.15, 0.2) is 0 Å². The quantitative estimate of drug-likeness (QED) is 0.436. The fourth-order valence-electron chi connectivity index (χ4n) is 3.15. The molecule has 1 aromatic heterocycles. The minimum absolute atomic E-state index is 0.0994. The fraction of sp³-hybridized carbons (Fsp3) is 0.0400. The molecule has 4 aromatic rings. The normalized spacial score (nSPS) is 11.0. The first-order valence-corrected chi connectivity index (χ1v) is 9.36. The van der Waals surface area contributed by atoms with Gasteiger partial charge in [0.25, 0.3) is 5.56 Å². The van der Waals surface area contributed by atoms with Gasteiger partial charge in [0, 0.05) is 5.56 Å². The zero-order valence-electron chi connectivity index (χ0n) is 15.9. The lowest BCUT2D eigenvalue weighted by Gasteiger charge is -2.11. The Bertz CT molecular complexity index is 1240. The van der Waals surface area contributed by atoms with Gasteiger partial charge in [-0.1, -0.05) is 61.2 Å². The van der Waals surface area contributed by atoms with Crippen LogP contribution in [0.3, 0.4) is 0 Å². The van der Waals surface area contributed by atoms with E-state index in [-0.39, 0.29) is 5.56 Å². The Labute approximate surface area is 169 Å². The van der Waals surface area contributed by atoms with Gasteiger partial charge in [-0.25, -0.2) is 4.98 Å². The maximum absolute atomic E-state index is 13.2. The van der Waals surface area contributed by atoms with Crippen LogP contribution in [0.5, 0.6) is 5.75 Å². The number of aromatic nitrogens is 2. The summed E-state index contributed by atoms with van der Waals surface area (Å²) in [6.07, 6.45) is 5.46. The van der Waals surface area contributed by atoms with Crippen molar-refractivity contribution < 1.29 is 4.74 Å². The van der Waals surface area contributed by atoms with Crippen LogP contribution < -0.4 is 10.3 Å². The van der Waals surface area contributed by atoms with Crippen LogP contribution in [0, 0.1) is 0 Å². The van der Waals surface area contributed by atoms with Gasteiger partial charge < -0.3 is 4.74 Å². The second-order valence-electron chi connectivity index (χ2n) is 6.43. The number of nitrogens with zero attached hydrogens (tertiary/aromatic N) is 2. The van der Waals surface area contributed by atoms with Crippen molar-refractivity contribution in [2.45, 2.75) is 0 Å². The summed E-state index contributed by atoms with van der Waals surface area (Å²) in [6.45, 7) is 4.12. The first-order chi connectivity index (χ1) is 14.3. The average Bonchev–Trinajstić information content (AvgIpc) is 2.77. The summed E-state index contributed by atoms with van der Waals surface area (Å²) in [5.41, 5.74) is 2.24. The summed E-state index contributed by atoms with van der Waals surface area (Å²) in [7, 11) is 0. The lowest BCUT2D eigenvalue weighted by atomic mass is 10.1. The second-order valence-corrected chi connectivity index (χ2v) is 6.43. The zero-order valence-corrected chi connectivity index (χ0v) is 15.9. The molecule has 4 rings (SSSR count). The van der Waals surface area contributed by atoms with Crippen molar-refractivity contribution in [1.29, 1.82) is 0 Å². The molecule has 4 nitrogen and oxygen atoms in total. The van der Waals surface area contributed by atoms with Gasteiger partial charge in [-0.3, -0.25) is 9.36 Å². The Hall–Kier alpha value is -3.92. The molecule has 0 aliphatic rings. The molecular formula is C25H20N2O2. The van der Waals surface area contributed by atoms with Crippen LogP contribution in [0.4, 0.5) is 0 Å². The molecule has 0 saturated heterocycles. The average molecular weight is 380 g/mol. The van der Waals surface area contributed by atoms with E-state index in [0.717, 1.165) is 17.0 Å². The van der Waals surface area contributed by atoms with Gasteiger partial charge in [-0.2, -0.15) is 0 Å². The fourth-order valence-corrected chi connectivity index (χ4v) is 3.15. The number of hydrogen-bond acceptors (Lipinski definition) is 3. The zero-order chi connectivity index (χ0) is 20.1. The van der Waals surface area contributed by atoms with Crippen molar-refractivity contribution in [3.63, 3.8) is 0 Å². The highest BCUT2D eigenvalue weighted by Crippen LogP contribution is 2.21. The van der Waals surface area contributed by atoms with Gasteiger partial charge in [0.05, 0.1) is 16.6 Å². The standard InChI is InChI=1S/C25H20N2O2/c1-2-18-29-23-15-9-6-10-19(23)16-17-24-26-22-14-8-7-13-21(22)25(28)27(24)20-11-4-3-5-12-20/h2-17H,1,18H2/b17-16+. The third-order valence-electron chi connectivity index (χ3n) is 4.50. The molecule has 0 spiro atoms. The summed E-state index contributed by atoms with van der Waals surface area (Å²) in [6, 6.07) is 24.6. The van der Waals surface area contributed by atoms with Crippen molar-refractivity contribution >= 4 is 23.1 Å². The number of fused-ring (bicyclic) bond motifs is 1. The minimum atomic E-state index is -0.0994. The summed E-state index contributed by atoms with van der Waals surface area (Å²) < 4.78 is 7.36. The lowest BCUT2D eigenvalue weighted by Crippen LogP contribution is -2.22. The lowest BCUT2D eigenvalue weighted by molar-refractivity contribution is 0.362. The SMILES string of the molecule is C=CCOc1ccccc1/C=C/c1nc2ccccc2c(=O)n1-c1ccccc1. The van der Waals surface area contributed by atoms with E-state index in [1.165, 1.54) is 0 Å². The molecule has 29 heavy (non-hydrogen) atoms. The summed E-state index contributed by atoms with van der Waals surface area (Å²) in [5.74, 6) is 1.30. The summed E-state index contributed by atoms with van der Waals surface area (Å²) >= 11 is 0. The third-order valence-corrected chi connectivity index (χ3v) is 4.50. The van der Waals surface area contributed by atoms with Gasteiger partial charge in [-0.15, -0.1) is 0 Å². The van der Waals surface area contributed by atoms with Gasteiger partial charge in [0.2, 0.25) is 0 Å². The van der Waals surface area contributed by atoms with E-state index < -0.39 is 0 Å². The molecular weight excluding hydrogens is 360 g/mol. The highest BCUT2D eigenvalue weighted by molar-refractivity contribution is 5.80. The first-order valence-electron chi connectivity index (χ1n) is 9.36. The highest BCUT2D eigenvalue weighted by Gasteiger charge is 2.11. The molecule has 0 atom stereocenters. The van der Waals surface area contributed by atoms with Crippen LogP contribution in [0.25, 0.3) is 28.7 Å². The van der Waals surface area contributed by atoms with Crippen LogP contribution in [0.1, 0.15) is 11.4 Å². The number of hydrogen-bond donors (Lipinski definition) is 0. The van der Waals surface area contributed by atoms with Crippen molar-refractivity contribution in [2.24, 2.45) is 0 Å². The predicted molar refractivity (Wildman–Crippen MR) is 118 cm³/mol. The molecule has 1 heterocycles. The molecule has 0 bridgehead atoms. The first kappa shape index (κ1) is 18.4. The van der Waals surface area contributed by atoms with E-state index in [1.807, 2.05) is 84.9 Å². The highest BCUT2D eigenvalue weighted by atomic mass is 16.5. The molecule has 0 aliphatic heterocycles. The van der Waals surface area contributed by atoms with E-state index >= 15 is 0 Å². The van der Waals surface area contributed by atoms with E-state index in [2.05, 4.69) is 6.58 Å². The Kier molecular flexibility index (Phi) is 5.34. The number of ether oxygens (including phenoxy) is 1. The Morgan fingerprint density at radius 1 is 0.897 bits per heavy atom. The van der Waals surface area contributed by atoms with E-state index in [4.69, 9.17) is 9.72 Å². The van der Waals surface area contributed by atoms with Gasteiger partial charge in [-0.05, 0) is 42.5 Å². The molecule has 0 N–H and O–H groups in total. The maximum atomic E-state index is 13.2. The van der Waals surface area contributed by atoms with Crippen molar-refractivity contribution in [1.82, 2.24) is 9.55 Å². The van der Waals surface area contributed by atoms with Crippen LogP contribution in [0.2, 0.25) is 0 Å². The predicted octanol–water partition coefficient (Wildman–Crippen LogP) is 5.12. The Balaban J connectivity index is 1.87. The van der Waals surface area contributed by atoms with Gasteiger partial charge >= 0.3 is 0 Å². The summed E-state index contributed by atoms with van der Waals surface area (Å²) in [5, 5.41) is 0.586. The maximum Gasteiger partial charge on any atom is 0.266 e. The molecule has 142 valence electrons. The van der Waals surface area contributed by atoms with Crippen LogP contribution in [-0.2, 0) is 0 Å². The minimum Gasteiger partial charge on any atom is -0.489 e. The van der Waals surface area contributed by atoms with Crippen LogP contribution in [-0.4, -0.2) is 16.2 Å². The number of para-hydroxylation sites is 3. The number of rotatable bonds is 6. The number of benzene rings is 3. The summed E-state index contributed by atoms with van der Waals surface area (Å²) in [4.78, 5) is 18.0. The molecule has 0 unspecified atom stereocenters. The monoisotopic (exact) mass is 380 g/mol. The topological polar surface area (TPSA) is 44.1 Å². The molecule has 0 amide bonds.